The quantitative estimate of drug-likeness (QED) is 0.786. The molecule has 0 aromatic carbocycles. The van der Waals surface area contributed by atoms with Crippen LogP contribution in [-0.4, -0.2) is 28.1 Å². The van der Waals surface area contributed by atoms with E-state index in [0.717, 1.165) is 17.7 Å². The minimum Gasteiger partial charge on any atom is -0.398 e. The first kappa shape index (κ1) is 14.6. The molecular formula is C14H25BN2O2. The fourth-order valence-corrected chi connectivity index (χ4v) is 2.19. The second kappa shape index (κ2) is 4.63. The number of rotatable bonds is 3. The zero-order valence-corrected chi connectivity index (χ0v) is 13.2. The first-order valence-electron chi connectivity index (χ1n) is 7.12. The van der Waals surface area contributed by atoms with Gasteiger partial charge in [-0.05, 0) is 54.0 Å². The van der Waals surface area contributed by atoms with Crippen molar-refractivity contribution in [3.63, 3.8) is 0 Å². The van der Waals surface area contributed by atoms with Gasteiger partial charge in [0.15, 0.2) is 0 Å². The van der Waals surface area contributed by atoms with E-state index in [0.29, 0.717) is 6.04 Å². The Morgan fingerprint density at radius 2 is 1.74 bits per heavy atom. The Morgan fingerprint density at radius 3 is 2.16 bits per heavy atom. The molecule has 0 N–H and O–H groups in total. The van der Waals surface area contributed by atoms with Crippen molar-refractivity contribution in [2.45, 2.75) is 72.1 Å². The molecule has 0 spiro atoms. The first-order valence-corrected chi connectivity index (χ1v) is 7.12. The Balaban J connectivity index is 2.36. The number of hydrogen-bond acceptors (Lipinski definition) is 3. The minimum atomic E-state index is -0.333. The van der Waals surface area contributed by atoms with Crippen molar-refractivity contribution in [1.29, 1.82) is 0 Å². The van der Waals surface area contributed by atoms with Crippen molar-refractivity contribution < 1.29 is 9.31 Å². The topological polar surface area (TPSA) is 36.3 Å². The van der Waals surface area contributed by atoms with Gasteiger partial charge in [-0.2, -0.15) is 5.10 Å². The van der Waals surface area contributed by atoms with E-state index < -0.39 is 0 Å². The van der Waals surface area contributed by atoms with Gasteiger partial charge in [-0.1, -0.05) is 6.92 Å². The molecule has 1 saturated heterocycles. The van der Waals surface area contributed by atoms with Crippen molar-refractivity contribution in [2.24, 2.45) is 0 Å². The number of nitrogens with zero attached hydrogens (tertiary/aromatic N) is 2. The van der Waals surface area contributed by atoms with Crippen LogP contribution in [0.2, 0.25) is 0 Å². The second-order valence-corrected chi connectivity index (χ2v) is 6.54. The Hall–Kier alpha value is -0.805. The molecule has 106 valence electrons. The van der Waals surface area contributed by atoms with Gasteiger partial charge in [-0.3, -0.25) is 4.68 Å². The lowest BCUT2D eigenvalue weighted by Gasteiger charge is -2.32. The highest BCUT2D eigenvalue weighted by molar-refractivity contribution is 6.61. The molecule has 0 unspecified atom stereocenters. The van der Waals surface area contributed by atoms with Crippen LogP contribution < -0.4 is 5.59 Å². The molecular weight excluding hydrogens is 239 g/mol. The van der Waals surface area contributed by atoms with E-state index in [4.69, 9.17) is 9.31 Å². The SMILES string of the molecule is CCc1cc(B2OC(C)(C)C(C)(C)O2)n(C(C)C)n1. The number of aryl methyl sites for hydroxylation is 1. The van der Waals surface area contributed by atoms with Crippen LogP contribution in [0.4, 0.5) is 0 Å². The summed E-state index contributed by atoms with van der Waals surface area (Å²) in [5.41, 5.74) is 1.48. The van der Waals surface area contributed by atoms with Crippen LogP contribution in [-0.2, 0) is 15.7 Å². The van der Waals surface area contributed by atoms with Gasteiger partial charge in [0.05, 0.1) is 22.5 Å². The van der Waals surface area contributed by atoms with E-state index in [1.807, 2.05) is 4.68 Å². The smallest absolute Gasteiger partial charge is 0.398 e. The number of aromatic nitrogens is 2. The zero-order chi connectivity index (χ0) is 14.4. The molecule has 0 atom stereocenters. The first-order chi connectivity index (χ1) is 8.68. The summed E-state index contributed by atoms with van der Waals surface area (Å²) in [5, 5.41) is 4.62. The maximum absolute atomic E-state index is 6.12. The molecule has 19 heavy (non-hydrogen) atoms. The maximum Gasteiger partial charge on any atom is 0.514 e. The third kappa shape index (κ3) is 2.46. The van der Waals surface area contributed by atoms with Gasteiger partial charge in [0.2, 0.25) is 0 Å². The highest BCUT2D eigenvalue weighted by Gasteiger charge is 2.53. The summed E-state index contributed by atoms with van der Waals surface area (Å²) in [5.74, 6) is 0. The van der Waals surface area contributed by atoms with Gasteiger partial charge in [-0.25, -0.2) is 0 Å². The van der Waals surface area contributed by atoms with Crippen LogP contribution in [0.5, 0.6) is 0 Å². The molecule has 1 aromatic rings. The van der Waals surface area contributed by atoms with E-state index in [1.54, 1.807) is 0 Å². The van der Waals surface area contributed by atoms with Crippen molar-refractivity contribution in [3.8, 4) is 0 Å². The van der Waals surface area contributed by atoms with E-state index in [9.17, 15) is 0 Å². The third-order valence-corrected chi connectivity index (χ3v) is 4.16. The van der Waals surface area contributed by atoms with Gasteiger partial charge in [0.25, 0.3) is 0 Å². The summed E-state index contributed by atoms with van der Waals surface area (Å²) in [6.07, 6.45) is 0.923. The number of hydrogen-bond donors (Lipinski definition) is 0. The fraction of sp³-hybridized carbons (Fsp3) is 0.786. The average Bonchev–Trinajstić information content (AvgIpc) is 2.78. The third-order valence-electron chi connectivity index (χ3n) is 4.16. The lowest BCUT2D eigenvalue weighted by atomic mass is 9.84. The Morgan fingerprint density at radius 1 is 1.21 bits per heavy atom. The van der Waals surface area contributed by atoms with E-state index in [2.05, 4.69) is 59.6 Å². The van der Waals surface area contributed by atoms with Crippen LogP contribution in [0.15, 0.2) is 6.07 Å². The van der Waals surface area contributed by atoms with Gasteiger partial charge in [0, 0.05) is 6.04 Å². The lowest BCUT2D eigenvalue weighted by molar-refractivity contribution is 0.00578. The minimum absolute atomic E-state index is 0.300. The summed E-state index contributed by atoms with van der Waals surface area (Å²) < 4.78 is 14.2. The van der Waals surface area contributed by atoms with Crippen LogP contribution >= 0.6 is 0 Å². The summed E-state index contributed by atoms with van der Waals surface area (Å²) in [4.78, 5) is 0. The van der Waals surface area contributed by atoms with Gasteiger partial charge < -0.3 is 9.31 Å². The molecule has 0 amide bonds. The molecule has 1 aliphatic rings. The molecule has 0 radical (unpaired) electrons. The Labute approximate surface area is 116 Å². The highest BCUT2D eigenvalue weighted by Crippen LogP contribution is 2.36. The molecule has 1 aliphatic heterocycles. The maximum atomic E-state index is 6.12. The molecule has 0 aliphatic carbocycles. The molecule has 5 heteroatoms. The molecule has 1 aromatic heterocycles. The molecule has 2 rings (SSSR count). The summed E-state index contributed by atoms with van der Waals surface area (Å²) in [6.45, 7) is 14.7. The van der Waals surface area contributed by atoms with Gasteiger partial charge in [-0.15, -0.1) is 0 Å². The predicted octanol–water partition coefficient (Wildman–Crippen LogP) is 2.33. The van der Waals surface area contributed by atoms with Crippen LogP contribution in [0.1, 0.15) is 60.2 Å². The zero-order valence-electron chi connectivity index (χ0n) is 13.2. The standard InChI is InChI=1S/C14H25BN2O2/c1-8-11-9-12(17(16-11)10(2)3)15-18-13(4,5)14(6,7)19-15/h9-10H,8H2,1-7H3. The molecule has 0 saturated carbocycles. The normalized spacial score (nSPS) is 21.4. The highest BCUT2D eigenvalue weighted by atomic mass is 16.7. The van der Waals surface area contributed by atoms with Crippen molar-refractivity contribution in [1.82, 2.24) is 9.78 Å². The summed E-state index contributed by atoms with van der Waals surface area (Å²) >= 11 is 0. The predicted molar refractivity (Wildman–Crippen MR) is 77.7 cm³/mol. The van der Waals surface area contributed by atoms with Gasteiger partial charge in [0.1, 0.15) is 0 Å². The lowest BCUT2D eigenvalue weighted by Crippen LogP contribution is -2.41. The fourth-order valence-electron chi connectivity index (χ4n) is 2.19. The van der Waals surface area contributed by atoms with Crippen molar-refractivity contribution in [3.05, 3.63) is 11.8 Å². The van der Waals surface area contributed by atoms with Gasteiger partial charge >= 0.3 is 7.12 Å². The van der Waals surface area contributed by atoms with E-state index >= 15 is 0 Å². The molecule has 1 fully saturated rings. The van der Waals surface area contributed by atoms with Crippen molar-refractivity contribution in [2.75, 3.05) is 0 Å². The van der Waals surface area contributed by atoms with E-state index in [-0.39, 0.29) is 18.3 Å². The molecule has 2 heterocycles. The Kier molecular flexibility index (Phi) is 3.56. The molecule has 4 nitrogen and oxygen atoms in total. The largest absolute Gasteiger partial charge is 0.514 e. The molecule has 0 bridgehead atoms. The average molecular weight is 264 g/mol. The monoisotopic (exact) mass is 264 g/mol. The van der Waals surface area contributed by atoms with Crippen LogP contribution in [0, 0.1) is 0 Å². The second-order valence-electron chi connectivity index (χ2n) is 6.54. The summed E-state index contributed by atoms with van der Waals surface area (Å²) in [7, 11) is -0.333. The van der Waals surface area contributed by atoms with Crippen molar-refractivity contribution >= 4 is 12.7 Å². The Bertz CT molecular complexity index is 450. The van der Waals surface area contributed by atoms with E-state index in [1.165, 1.54) is 0 Å². The van der Waals surface area contributed by atoms with Crippen LogP contribution in [0.25, 0.3) is 0 Å². The van der Waals surface area contributed by atoms with Crippen LogP contribution in [0.3, 0.4) is 0 Å². The summed E-state index contributed by atoms with van der Waals surface area (Å²) in [6, 6.07) is 2.40.